The molecule has 0 unspecified atom stereocenters. The predicted octanol–water partition coefficient (Wildman–Crippen LogP) is 4.34. The van der Waals surface area contributed by atoms with Gasteiger partial charge in [-0.3, -0.25) is 14.3 Å². The Morgan fingerprint density at radius 2 is 1.71 bits per heavy atom. The molecule has 2 aromatic heterocycles. The zero-order chi connectivity index (χ0) is 23.9. The Kier molecular flexibility index (Phi) is 8.21. The first-order valence-electron chi connectivity index (χ1n) is 11.8. The quantitative estimate of drug-likeness (QED) is 0.349. The molecule has 0 spiro atoms. The first kappa shape index (κ1) is 24.3. The molecule has 0 fully saturated rings. The van der Waals surface area contributed by atoms with Gasteiger partial charge in [0.05, 0.1) is 17.6 Å². The molecular weight excluding hydrogens is 444 g/mol. The van der Waals surface area contributed by atoms with Gasteiger partial charge >= 0.3 is 0 Å². The number of aliphatic hydroxyl groups excluding tert-OH is 1. The number of aliphatic hydroxyl groups is 1. The maximum absolute atomic E-state index is 13.4. The Hall–Kier alpha value is -2.87. The molecule has 4 rings (SSSR count). The van der Waals surface area contributed by atoms with Crippen LogP contribution in [-0.2, 0) is 19.5 Å². The highest BCUT2D eigenvalue weighted by Crippen LogP contribution is 2.18. The van der Waals surface area contributed by atoms with Crippen molar-refractivity contribution in [3.8, 4) is 0 Å². The number of rotatable bonds is 11. The van der Waals surface area contributed by atoms with Crippen molar-refractivity contribution in [3.05, 3.63) is 93.2 Å². The molecule has 0 aliphatic heterocycles. The van der Waals surface area contributed by atoms with Crippen LogP contribution in [0.2, 0.25) is 0 Å². The van der Waals surface area contributed by atoms with E-state index in [1.807, 2.05) is 41.8 Å². The number of aryl methyl sites for hydroxylation is 3. The van der Waals surface area contributed by atoms with Crippen molar-refractivity contribution in [2.24, 2.45) is 0 Å². The summed E-state index contributed by atoms with van der Waals surface area (Å²) in [6, 6.07) is 18.7. The molecular formula is C27H32N4O2S. The van der Waals surface area contributed by atoms with Crippen LogP contribution in [0.25, 0.3) is 10.2 Å². The highest BCUT2D eigenvalue weighted by atomic mass is 32.1. The molecule has 0 saturated carbocycles. The minimum Gasteiger partial charge on any atom is -0.396 e. The lowest BCUT2D eigenvalue weighted by Crippen LogP contribution is -2.29. The molecule has 7 heteroatoms. The van der Waals surface area contributed by atoms with Crippen LogP contribution in [0.5, 0.6) is 0 Å². The summed E-state index contributed by atoms with van der Waals surface area (Å²) in [5.74, 6) is 0.808. The van der Waals surface area contributed by atoms with E-state index in [0.29, 0.717) is 18.4 Å². The maximum atomic E-state index is 13.4. The summed E-state index contributed by atoms with van der Waals surface area (Å²) in [5, 5.41) is 9.98. The van der Waals surface area contributed by atoms with Gasteiger partial charge < -0.3 is 5.11 Å². The SMILES string of the molecule is Cc1ccc(CN(CCCO)CCCc2nc3snc(C)c3c(=O)n2Cc2ccccc2)cc1. The lowest BCUT2D eigenvalue weighted by molar-refractivity contribution is 0.216. The van der Waals surface area contributed by atoms with E-state index in [1.165, 1.54) is 22.7 Å². The van der Waals surface area contributed by atoms with Gasteiger partial charge in [0, 0.05) is 26.1 Å². The van der Waals surface area contributed by atoms with E-state index in [-0.39, 0.29) is 12.2 Å². The van der Waals surface area contributed by atoms with Gasteiger partial charge in [-0.05, 0) is 55.9 Å². The standard InChI is InChI=1S/C27H32N4O2S/c1-20-11-13-23(14-12-20)18-30(16-7-17-32)15-6-10-24-28-26-25(21(2)29-34-26)27(33)31(24)19-22-8-4-3-5-9-22/h3-5,8-9,11-14,32H,6-7,10,15-19H2,1-2H3. The fraction of sp³-hybridized carbons (Fsp3) is 0.370. The van der Waals surface area contributed by atoms with Crippen LogP contribution in [0.1, 0.15) is 41.1 Å². The van der Waals surface area contributed by atoms with Gasteiger partial charge in [0.15, 0.2) is 4.83 Å². The van der Waals surface area contributed by atoms with Crippen LogP contribution in [0.3, 0.4) is 0 Å². The maximum Gasteiger partial charge on any atom is 0.264 e. The van der Waals surface area contributed by atoms with E-state index in [1.54, 1.807) is 0 Å². The molecule has 34 heavy (non-hydrogen) atoms. The smallest absolute Gasteiger partial charge is 0.264 e. The van der Waals surface area contributed by atoms with Crippen molar-refractivity contribution in [3.63, 3.8) is 0 Å². The second-order valence-electron chi connectivity index (χ2n) is 8.80. The van der Waals surface area contributed by atoms with Crippen molar-refractivity contribution < 1.29 is 5.11 Å². The molecule has 2 heterocycles. The largest absolute Gasteiger partial charge is 0.396 e. The van der Waals surface area contributed by atoms with Gasteiger partial charge in [-0.2, -0.15) is 4.37 Å². The van der Waals surface area contributed by atoms with E-state index < -0.39 is 0 Å². The molecule has 4 aromatic rings. The minimum atomic E-state index is -0.00750. The average Bonchev–Trinajstić information content (AvgIpc) is 3.22. The third-order valence-electron chi connectivity index (χ3n) is 6.06. The highest BCUT2D eigenvalue weighted by Gasteiger charge is 2.16. The van der Waals surface area contributed by atoms with E-state index in [9.17, 15) is 9.90 Å². The highest BCUT2D eigenvalue weighted by molar-refractivity contribution is 7.12. The average molecular weight is 477 g/mol. The first-order valence-corrected chi connectivity index (χ1v) is 12.6. The Balaban J connectivity index is 1.53. The van der Waals surface area contributed by atoms with Crippen LogP contribution in [0, 0.1) is 13.8 Å². The van der Waals surface area contributed by atoms with Gasteiger partial charge in [-0.15, -0.1) is 0 Å². The van der Waals surface area contributed by atoms with Crippen molar-refractivity contribution >= 4 is 21.7 Å². The van der Waals surface area contributed by atoms with Gasteiger partial charge in [-0.1, -0.05) is 60.2 Å². The molecule has 178 valence electrons. The summed E-state index contributed by atoms with van der Waals surface area (Å²) in [4.78, 5) is 21.4. The molecule has 0 radical (unpaired) electrons. The van der Waals surface area contributed by atoms with E-state index in [2.05, 4.69) is 40.5 Å². The Morgan fingerprint density at radius 1 is 0.971 bits per heavy atom. The van der Waals surface area contributed by atoms with Crippen molar-refractivity contribution in [1.82, 2.24) is 18.8 Å². The molecule has 0 amide bonds. The summed E-state index contributed by atoms with van der Waals surface area (Å²) < 4.78 is 6.19. The molecule has 1 N–H and O–H groups in total. The van der Waals surface area contributed by atoms with Crippen molar-refractivity contribution in [2.45, 2.75) is 46.2 Å². The van der Waals surface area contributed by atoms with Crippen LogP contribution in [-0.4, -0.2) is 43.6 Å². The second kappa shape index (κ2) is 11.5. The lowest BCUT2D eigenvalue weighted by atomic mass is 10.1. The summed E-state index contributed by atoms with van der Waals surface area (Å²) in [6.07, 6.45) is 2.33. The van der Waals surface area contributed by atoms with Gasteiger partial charge in [0.25, 0.3) is 5.56 Å². The van der Waals surface area contributed by atoms with Gasteiger partial charge in [0.1, 0.15) is 5.82 Å². The van der Waals surface area contributed by atoms with Crippen LogP contribution in [0.15, 0.2) is 59.4 Å². The number of hydrogen-bond acceptors (Lipinski definition) is 6. The molecule has 0 saturated heterocycles. The number of nitrogens with zero attached hydrogens (tertiary/aromatic N) is 4. The normalized spacial score (nSPS) is 11.5. The van der Waals surface area contributed by atoms with E-state index in [4.69, 9.17) is 4.98 Å². The van der Waals surface area contributed by atoms with Crippen LogP contribution in [0.4, 0.5) is 0 Å². The summed E-state index contributed by atoms with van der Waals surface area (Å²) in [7, 11) is 0. The Morgan fingerprint density at radius 3 is 2.44 bits per heavy atom. The third kappa shape index (κ3) is 5.97. The molecule has 2 aromatic carbocycles. The van der Waals surface area contributed by atoms with Crippen LogP contribution < -0.4 is 5.56 Å². The molecule has 0 bridgehead atoms. The summed E-state index contributed by atoms with van der Waals surface area (Å²) in [5.41, 5.74) is 4.34. The van der Waals surface area contributed by atoms with Crippen LogP contribution >= 0.6 is 11.5 Å². The monoisotopic (exact) mass is 476 g/mol. The van der Waals surface area contributed by atoms with Crippen molar-refractivity contribution in [2.75, 3.05) is 19.7 Å². The van der Waals surface area contributed by atoms with Crippen molar-refractivity contribution in [1.29, 1.82) is 0 Å². The van der Waals surface area contributed by atoms with E-state index >= 15 is 0 Å². The minimum absolute atomic E-state index is 0.00750. The number of aromatic nitrogens is 3. The summed E-state index contributed by atoms with van der Waals surface area (Å²) >= 11 is 1.30. The molecule has 0 atom stereocenters. The van der Waals surface area contributed by atoms with E-state index in [0.717, 1.165) is 54.4 Å². The lowest BCUT2D eigenvalue weighted by Gasteiger charge is -2.22. The zero-order valence-corrected chi connectivity index (χ0v) is 20.7. The number of fused-ring (bicyclic) bond motifs is 1. The predicted molar refractivity (Wildman–Crippen MR) is 138 cm³/mol. The second-order valence-corrected chi connectivity index (χ2v) is 9.55. The topological polar surface area (TPSA) is 71.2 Å². The third-order valence-corrected chi connectivity index (χ3v) is 6.90. The molecule has 0 aliphatic carbocycles. The number of benzene rings is 2. The Labute approximate surface area is 204 Å². The summed E-state index contributed by atoms with van der Waals surface area (Å²) in [6.45, 7) is 7.21. The fourth-order valence-electron chi connectivity index (χ4n) is 4.21. The van der Waals surface area contributed by atoms with Gasteiger partial charge in [0.2, 0.25) is 0 Å². The van der Waals surface area contributed by atoms with Gasteiger partial charge in [-0.25, -0.2) is 4.98 Å². The molecule has 6 nitrogen and oxygen atoms in total. The zero-order valence-electron chi connectivity index (χ0n) is 19.9. The fourth-order valence-corrected chi connectivity index (χ4v) is 4.99. The number of hydrogen-bond donors (Lipinski definition) is 1. The first-order chi connectivity index (χ1) is 16.5. The molecule has 0 aliphatic rings. The Bertz CT molecular complexity index is 1270.